The van der Waals surface area contributed by atoms with Crippen molar-refractivity contribution in [3.05, 3.63) is 29.8 Å². The maximum Gasteiger partial charge on any atom is 0.251 e. The summed E-state index contributed by atoms with van der Waals surface area (Å²) in [4.78, 5) is 11.9. The van der Waals surface area contributed by atoms with E-state index in [0.29, 0.717) is 5.56 Å². The van der Waals surface area contributed by atoms with E-state index >= 15 is 0 Å². The molecule has 1 aliphatic rings. The smallest absolute Gasteiger partial charge is 0.251 e. The van der Waals surface area contributed by atoms with Crippen LogP contribution in [0.3, 0.4) is 0 Å². The topological polar surface area (TPSA) is 50.4 Å². The Morgan fingerprint density at radius 3 is 2.74 bits per heavy atom. The average molecular weight is 262 g/mol. The lowest BCUT2D eigenvalue weighted by molar-refractivity contribution is -0.0924. The van der Waals surface area contributed by atoms with Gasteiger partial charge in [0, 0.05) is 29.3 Å². The summed E-state index contributed by atoms with van der Waals surface area (Å²) < 4.78 is 5.23. The van der Waals surface area contributed by atoms with Gasteiger partial charge in [-0.1, -0.05) is 13.0 Å². The van der Waals surface area contributed by atoms with Crippen molar-refractivity contribution in [2.75, 3.05) is 25.1 Å². The molecule has 0 aliphatic carbocycles. The van der Waals surface area contributed by atoms with E-state index in [4.69, 9.17) is 4.74 Å². The Kier molecular flexibility index (Phi) is 4.10. The van der Waals surface area contributed by atoms with Gasteiger partial charge in [-0.2, -0.15) is 0 Å². The van der Waals surface area contributed by atoms with Crippen molar-refractivity contribution in [2.24, 2.45) is 5.41 Å². The monoisotopic (exact) mass is 262 g/mol. The summed E-state index contributed by atoms with van der Waals surface area (Å²) in [6, 6.07) is 7.75. The number of nitrogens with one attached hydrogen (secondary N) is 2. The van der Waals surface area contributed by atoms with Crippen LogP contribution in [0.15, 0.2) is 24.3 Å². The molecule has 19 heavy (non-hydrogen) atoms. The largest absolute Gasteiger partial charge is 0.384 e. The number of hydrogen-bond donors (Lipinski definition) is 2. The van der Waals surface area contributed by atoms with Gasteiger partial charge in [0.05, 0.1) is 13.2 Å². The highest BCUT2D eigenvalue weighted by atomic mass is 16.5. The molecule has 0 radical (unpaired) electrons. The highest BCUT2D eigenvalue weighted by Crippen LogP contribution is 2.26. The van der Waals surface area contributed by atoms with Crippen LogP contribution in [0.25, 0.3) is 0 Å². The van der Waals surface area contributed by atoms with Gasteiger partial charge in [0.2, 0.25) is 0 Å². The average Bonchev–Trinajstić information content (AvgIpc) is 2.33. The summed E-state index contributed by atoms with van der Waals surface area (Å²) in [5.41, 5.74) is 1.88. The molecule has 4 heteroatoms. The molecule has 1 aromatic carbocycles. The number of rotatable bonds is 5. The molecule has 1 aromatic rings. The number of benzene rings is 1. The molecule has 1 amide bonds. The summed E-state index contributed by atoms with van der Waals surface area (Å²) >= 11 is 0. The second-order valence-electron chi connectivity index (χ2n) is 5.87. The van der Waals surface area contributed by atoms with Gasteiger partial charge in [0.25, 0.3) is 5.91 Å². The van der Waals surface area contributed by atoms with Crippen molar-refractivity contribution in [3.8, 4) is 0 Å². The Morgan fingerprint density at radius 2 is 2.16 bits per heavy atom. The maximum atomic E-state index is 11.9. The lowest BCUT2D eigenvalue weighted by atomic mass is 9.88. The van der Waals surface area contributed by atoms with E-state index in [9.17, 15) is 4.79 Å². The minimum Gasteiger partial charge on any atom is -0.384 e. The predicted octanol–water partition coefficient (Wildman–Crippen LogP) is 2.27. The molecule has 104 valence electrons. The molecule has 4 nitrogen and oxygen atoms in total. The molecule has 1 heterocycles. The molecule has 0 bridgehead atoms. The second kappa shape index (κ2) is 5.61. The van der Waals surface area contributed by atoms with Gasteiger partial charge in [-0.3, -0.25) is 4.79 Å². The zero-order valence-corrected chi connectivity index (χ0v) is 11.8. The van der Waals surface area contributed by atoms with Crippen LogP contribution in [0.4, 0.5) is 5.69 Å². The highest BCUT2D eigenvalue weighted by Gasteiger charge is 2.32. The second-order valence-corrected chi connectivity index (χ2v) is 5.87. The fraction of sp³-hybridized carbons (Fsp3) is 0.533. The number of ether oxygens (including phenoxy) is 1. The summed E-state index contributed by atoms with van der Waals surface area (Å²) in [5, 5.41) is 6.27. The van der Waals surface area contributed by atoms with Crippen LogP contribution in [0, 0.1) is 5.41 Å². The zero-order valence-electron chi connectivity index (χ0n) is 11.8. The molecule has 2 N–H and O–H groups in total. The Morgan fingerprint density at radius 1 is 1.42 bits per heavy atom. The first-order chi connectivity index (χ1) is 8.98. The Hall–Kier alpha value is -1.55. The van der Waals surface area contributed by atoms with E-state index < -0.39 is 0 Å². The molecule has 0 aromatic heterocycles. The van der Waals surface area contributed by atoms with E-state index in [1.165, 1.54) is 0 Å². The van der Waals surface area contributed by atoms with Crippen molar-refractivity contribution >= 4 is 11.6 Å². The number of anilines is 1. The maximum absolute atomic E-state index is 11.9. The fourth-order valence-electron chi connectivity index (χ4n) is 1.98. The van der Waals surface area contributed by atoms with Crippen molar-refractivity contribution < 1.29 is 9.53 Å². The van der Waals surface area contributed by atoms with E-state index in [0.717, 1.165) is 25.4 Å². The van der Waals surface area contributed by atoms with Crippen LogP contribution in [-0.2, 0) is 4.74 Å². The third kappa shape index (κ3) is 3.70. The van der Waals surface area contributed by atoms with E-state index in [-0.39, 0.29) is 17.4 Å². The molecule has 0 unspecified atom stereocenters. The van der Waals surface area contributed by atoms with E-state index in [1.807, 2.05) is 38.1 Å². The summed E-state index contributed by atoms with van der Waals surface area (Å²) in [6.45, 7) is 8.57. The van der Waals surface area contributed by atoms with Gasteiger partial charge in [0.15, 0.2) is 0 Å². The molecule has 0 atom stereocenters. The first-order valence-corrected chi connectivity index (χ1v) is 6.71. The molecule has 0 spiro atoms. The van der Waals surface area contributed by atoms with Gasteiger partial charge < -0.3 is 15.4 Å². The molecule has 0 saturated carbocycles. The van der Waals surface area contributed by atoms with Crippen LogP contribution < -0.4 is 10.6 Å². The van der Waals surface area contributed by atoms with Crippen LogP contribution in [0.1, 0.15) is 31.1 Å². The number of carbonyl (C=O) groups excluding carboxylic acids is 1. The third-order valence-corrected chi connectivity index (χ3v) is 3.16. The Bertz CT molecular complexity index is 453. The van der Waals surface area contributed by atoms with Crippen molar-refractivity contribution in [1.29, 1.82) is 0 Å². The molecule has 1 aliphatic heterocycles. The highest BCUT2D eigenvalue weighted by molar-refractivity contribution is 5.95. The fourth-order valence-corrected chi connectivity index (χ4v) is 1.98. The number of amides is 1. The van der Waals surface area contributed by atoms with Crippen molar-refractivity contribution in [2.45, 2.75) is 26.8 Å². The van der Waals surface area contributed by atoms with Gasteiger partial charge in [-0.15, -0.1) is 0 Å². The predicted molar refractivity (Wildman–Crippen MR) is 76.5 cm³/mol. The van der Waals surface area contributed by atoms with Gasteiger partial charge >= 0.3 is 0 Å². The van der Waals surface area contributed by atoms with Crippen LogP contribution in [-0.4, -0.2) is 31.7 Å². The van der Waals surface area contributed by atoms with E-state index in [2.05, 4.69) is 17.6 Å². The molecule has 1 saturated heterocycles. The van der Waals surface area contributed by atoms with Crippen molar-refractivity contribution in [3.63, 3.8) is 0 Å². The lowest BCUT2D eigenvalue weighted by Gasteiger charge is -2.38. The zero-order chi connectivity index (χ0) is 13.9. The summed E-state index contributed by atoms with van der Waals surface area (Å²) in [5.74, 6) is -0.0307. The Labute approximate surface area is 114 Å². The van der Waals surface area contributed by atoms with Crippen LogP contribution in [0.2, 0.25) is 0 Å². The van der Waals surface area contributed by atoms with Gasteiger partial charge in [-0.25, -0.2) is 0 Å². The summed E-state index contributed by atoms with van der Waals surface area (Å²) in [7, 11) is 0. The van der Waals surface area contributed by atoms with Gasteiger partial charge in [0.1, 0.15) is 0 Å². The van der Waals surface area contributed by atoms with Gasteiger partial charge in [-0.05, 0) is 32.0 Å². The van der Waals surface area contributed by atoms with Crippen molar-refractivity contribution in [1.82, 2.24) is 5.32 Å². The molecular weight excluding hydrogens is 240 g/mol. The first kappa shape index (κ1) is 13.9. The van der Waals surface area contributed by atoms with E-state index in [1.54, 1.807) is 0 Å². The quantitative estimate of drug-likeness (QED) is 0.856. The molecular formula is C15H22N2O2. The minimum absolute atomic E-state index is 0.0307. The molecule has 2 rings (SSSR count). The normalized spacial score (nSPS) is 16.8. The molecule has 1 fully saturated rings. The number of hydrogen-bond acceptors (Lipinski definition) is 3. The standard InChI is InChI=1S/C15H22N2O2/c1-11(2)17-14(18)12-5-4-6-13(7-12)16-8-15(3)9-19-10-15/h4-7,11,16H,8-10H2,1-3H3,(H,17,18). The number of carbonyl (C=O) groups is 1. The third-order valence-electron chi connectivity index (χ3n) is 3.16. The lowest BCUT2D eigenvalue weighted by Crippen LogP contribution is -2.45. The Balaban J connectivity index is 1.96. The SMILES string of the molecule is CC(C)NC(=O)c1cccc(NCC2(C)COC2)c1. The summed E-state index contributed by atoms with van der Waals surface area (Å²) in [6.07, 6.45) is 0. The first-order valence-electron chi connectivity index (χ1n) is 6.71. The minimum atomic E-state index is -0.0307. The van der Waals surface area contributed by atoms with Crippen LogP contribution >= 0.6 is 0 Å². The van der Waals surface area contributed by atoms with Crippen LogP contribution in [0.5, 0.6) is 0 Å².